The summed E-state index contributed by atoms with van der Waals surface area (Å²) >= 11 is 0. The van der Waals surface area contributed by atoms with Gasteiger partial charge in [0.05, 0.1) is 6.42 Å². The molecule has 120 valence electrons. The van der Waals surface area contributed by atoms with Gasteiger partial charge in [-0.25, -0.2) is 9.89 Å². The number of nitrogens with zero attached hydrogens (tertiary/aromatic N) is 2. The Morgan fingerprint density at radius 3 is 2.32 bits per heavy atom. The molecule has 4 saturated carbocycles. The Morgan fingerprint density at radius 1 is 1.23 bits per heavy atom. The summed E-state index contributed by atoms with van der Waals surface area (Å²) in [4.78, 5) is 27.9. The van der Waals surface area contributed by atoms with Crippen LogP contribution in [0.15, 0.2) is 4.79 Å². The molecule has 4 aliphatic rings. The number of nitrogens with one attached hydrogen (secondary N) is 2. The highest BCUT2D eigenvalue weighted by Crippen LogP contribution is 2.60. The van der Waals surface area contributed by atoms with E-state index in [2.05, 4.69) is 15.2 Å². The van der Waals surface area contributed by atoms with Crippen LogP contribution in [-0.4, -0.2) is 39.6 Å². The fraction of sp³-hybridized carbons (Fsp3) is 0.812. The van der Waals surface area contributed by atoms with Crippen LogP contribution in [0.4, 0.5) is 0 Å². The molecular formula is C16H24N4O2. The quantitative estimate of drug-likeness (QED) is 0.880. The lowest BCUT2D eigenvalue weighted by molar-refractivity contribution is -0.134. The van der Waals surface area contributed by atoms with Crippen molar-refractivity contribution in [3.63, 3.8) is 0 Å². The number of aromatic amines is 2. The van der Waals surface area contributed by atoms with Gasteiger partial charge >= 0.3 is 5.69 Å². The summed E-state index contributed by atoms with van der Waals surface area (Å²) in [5.74, 6) is 3.16. The monoisotopic (exact) mass is 304 g/mol. The summed E-state index contributed by atoms with van der Waals surface area (Å²) in [6.07, 6.45) is 8.34. The largest absolute Gasteiger partial charge is 0.345 e. The number of H-pyrrole nitrogens is 2. The van der Waals surface area contributed by atoms with Crippen LogP contribution in [0.25, 0.3) is 0 Å². The zero-order valence-electron chi connectivity index (χ0n) is 13.1. The number of hydrogen-bond donors (Lipinski definition) is 2. The molecule has 0 unspecified atom stereocenters. The van der Waals surface area contributed by atoms with Gasteiger partial charge in [0.15, 0.2) is 0 Å². The molecule has 0 radical (unpaired) electrons. The van der Waals surface area contributed by atoms with E-state index in [9.17, 15) is 9.59 Å². The third-order valence-electron chi connectivity index (χ3n) is 6.03. The average Bonchev–Trinajstić information content (AvgIpc) is 2.81. The number of hydrogen-bond acceptors (Lipinski definition) is 3. The van der Waals surface area contributed by atoms with Crippen molar-refractivity contribution in [2.45, 2.75) is 44.9 Å². The highest BCUT2D eigenvalue weighted by molar-refractivity contribution is 5.77. The van der Waals surface area contributed by atoms with Gasteiger partial charge in [-0.05, 0) is 61.7 Å². The Balaban J connectivity index is 1.42. The zero-order chi connectivity index (χ0) is 15.3. The van der Waals surface area contributed by atoms with Gasteiger partial charge in [-0.3, -0.25) is 9.78 Å². The molecule has 0 aromatic carbocycles. The van der Waals surface area contributed by atoms with E-state index in [0.29, 0.717) is 11.2 Å². The molecule has 2 N–H and O–H groups in total. The minimum atomic E-state index is -0.355. The van der Waals surface area contributed by atoms with Crippen molar-refractivity contribution in [2.75, 3.05) is 13.6 Å². The number of carbonyl (C=O) groups is 1. The summed E-state index contributed by atoms with van der Waals surface area (Å²) in [5, 5.41) is 6.13. The highest BCUT2D eigenvalue weighted by atomic mass is 16.2. The summed E-state index contributed by atoms with van der Waals surface area (Å²) < 4.78 is 0. The maximum Gasteiger partial charge on any atom is 0.340 e. The lowest BCUT2D eigenvalue weighted by atomic mass is 9.49. The molecular weight excluding hydrogens is 280 g/mol. The summed E-state index contributed by atoms with van der Waals surface area (Å²) in [6, 6.07) is 0. The van der Waals surface area contributed by atoms with E-state index in [4.69, 9.17) is 0 Å². The molecule has 4 bridgehead atoms. The van der Waals surface area contributed by atoms with Crippen molar-refractivity contribution in [1.82, 2.24) is 20.1 Å². The van der Waals surface area contributed by atoms with E-state index in [1.165, 1.54) is 38.5 Å². The van der Waals surface area contributed by atoms with Crippen molar-refractivity contribution >= 4 is 5.91 Å². The lowest BCUT2D eigenvalue weighted by Gasteiger charge is -2.57. The van der Waals surface area contributed by atoms with Crippen LogP contribution in [0.5, 0.6) is 0 Å². The van der Waals surface area contributed by atoms with Gasteiger partial charge < -0.3 is 4.90 Å². The first-order chi connectivity index (χ1) is 10.5. The lowest BCUT2D eigenvalue weighted by Crippen LogP contribution is -2.51. The number of likely N-dealkylation sites (N-methyl/N-ethyl adjacent to an activating group) is 1. The van der Waals surface area contributed by atoms with Crippen LogP contribution in [-0.2, 0) is 11.2 Å². The van der Waals surface area contributed by atoms with Gasteiger partial charge in [-0.1, -0.05) is 0 Å². The predicted octanol–water partition coefficient (Wildman–Crippen LogP) is 1.32. The molecule has 1 amide bonds. The van der Waals surface area contributed by atoms with Gasteiger partial charge in [0, 0.05) is 13.6 Å². The fourth-order valence-corrected chi connectivity index (χ4v) is 5.74. The molecule has 0 spiro atoms. The minimum Gasteiger partial charge on any atom is -0.345 e. The maximum absolute atomic E-state index is 12.4. The molecule has 0 atom stereocenters. The van der Waals surface area contributed by atoms with E-state index >= 15 is 0 Å². The SMILES string of the molecule is CN(CC12CC3CC(CC(C3)C1)C2)C(=O)Cc1n[nH]c(=O)[nH]1. The molecule has 0 saturated heterocycles. The molecule has 4 aliphatic carbocycles. The van der Waals surface area contributed by atoms with E-state index in [-0.39, 0.29) is 18.0 Å². The van der Waals surface area contributed by atoms with Gasteiger partial charge in [0.1, 0.15) is 5.82 Å². The Bertz CT molecular complexity index is 597. The molecule has 4 fully saturated rings. The van der Waals surface area contributed by atoms with Crippen LogP contribution in [0.2, 0.25) is 0 Å². The van der Waals surface area contributed by atoms with E-state index in [1.54, 1.807) is 0 Å². The number of rotatable bonds is 4. The van der Waals surface area contributed by atoms with Crippen LogP contribution in [0, 0.1) is 23.2 Å². The van der Waals surface area contributed by atoms with Gasteiger partial charge in [-0.2, -0.15) is 5.10 Å². The van der Waals surface area contributed by atoms with Gasteiger partial charge in [-0.15, -0.1) is 0 Å². The van der Waals surface area contributed by atoms with E-state index in [1.807, 2.05) is 11.9 Å². The zero-order valence-corrected chi connectivity index (χ0v) is 13.1. The number of aromatic nitrogens is 3. The molecule has 22 heavy (non-hydrogen) atoms. The van der Waals surface area contributed by atoms with Crippen molar-refractivity contribution < 1.29 is 4.79 Å². The molecule has 5 rings (SSSR count). The highest BCUT2D eigenvalue weighted by Gasteiger charge is 2.51. The van der Waals surface area contributed by atoms with Crippen molar-refractivity contribution in [3.05, 3.63) is 16.3 Å². The van der Waals surface area contributed by atoms with Crippen molar-refractivity contribution in [2.24, 2.45) is 23.2 Å². The third kappa shape index (κ3) is 2.48. The van der Waals surface area contributed by atoms with Crippen molar-refractivity contribution in [1.29, 1.82) is 0 Å². The minimum absolute atomic E-state index is 0.0403. The summed E-state index contributed by atoms with van der Waals surface area (Å²) in [6.45, 7) is 0.865. The van der Waals surface area contributed by atoms with Crippen LogP contribution < -0.4 is 5.69 Å². The van der Waals surface area contributed by atoms with Gasteiger partial charge in [0.2, 0.25) is 5.91 Å². The van der Waals surface area contributed by atoms with Crippen LogP contribution >= 0.6 is 0 Å². The molecule has 1 aromatic heterocycles. The first-order valence-electron chi connectivity index (χ1n) is 8.39. The standard InChI is InChI=1S/C16H24N4O2/c1-20(14(21)5-13-17-15(22)19-18-13)9-16-6-10-2-11(7-16)4-12(3-10)8-16/h10-12H,2-9H2,1H3,(H2,17,18,19,22). The maximum atomic E-state index is 12.4. The number of amides is 1. The van der Waals surface area contributed by atoms with Crippen molar-refractivity contribution in [3.8, 4) is 0 Å². The number of carbonyl (C=O) groups excluding carboxylic acids is 1. The molecule has 1 aromatic rings. The topological polar surface area (TPSA) is 81.8 Å². The second-order valence-corrected chi connectivity index (χ2v) is 7.97. The average molecular weight is 304 g/mol. The molecule has 1 heterocycles. The summed E-state index contributed by atoms with van der Waals surface area (Å²) in [7, 11) is 1.89. The van der Waals surface area contributed by atoms with Crippen LogP contribution in [0.1, 0.15) is 44.3 Å². The van der Waals surface area contributed by atoms with E-state index < -0.39 is 0 Å². The fourth-order valence-electron chi connectivity index (χ4n) is 5.74. The Hall–Kier alpha value is -1.59. The Morgan fingerprint density at radius 2 is 1.82 bits per heavy atom. The summed E-state index contributed by atoms with van der Waals surface area (Å²) in [5.41, 5.74) is 0.00421. The first kappa shape index (κ1) is 14.0. The van der Waals surface area contributed by atoms with Gasteiger partial charge in [0.25, 0.3) is 0 Å². The Kier molecular flexibility index (Phi) is 3.16. The second kappa shape index (κ2) is 4.96. The first-order valence-corrected chi connectivity index (χ1v) is 8.39. The molecule has 0 aliphatic heterocycles. The Labute approximate surface area is 129 Å². The predicted molar refractivity (Wildman–Crippen MR) is 81.2 cm³/mol. The normalized spacial score (nSPS) is 35.8. The third-order valence-corrected chi connectivity index (χ3v) is 6.03. The van der Waals surface area contributed by atoms with Crippen LogP contribution in [0.3, 0.4) is 0 Å². The smallest absolute Gasteiger partial charge is 0.340 e. The van der Waals surface area contributed by atoms with E-state index in [0.717, 1.165) is 24.3 Å². The molecule has 6 heteroatoms. The molecule has 6 nitrogen and oxygen atoms in total. The second-order valence-electron chi connectivity index (χ2n) is 7.97.